The van der Waals surface area contributed by atoms with Gasteiger partial charge in [0.25, 0.3) is 0 Å². The fraction of sp³-hybridized carbons (Fsp3) is 0.214. The third-order valence-corrected chi connectivity index (χ3v) is 2.67. The van der Waals surface area contributed by atoms with Gasteiger partial charge in [0.2, 0.25) is 5.91 Å². The predicted octanol–water partition coefficient (Wildman–Crippen LogP) is 2.09. The highest BCUT2D eigenvalue weighted by molar-refractivity contribution is 5.90. The zero-order valence-electron chi connectivity index (χ0n) is 10.8. The number of anilines is 2. The second kappa shape index (κ2) is 6.49. The standard InChI is InChI=1S/C14H16N4O/c1-15-13-6-5-12(10-17-13)18-14(19)7-4-11-3-2-8-16-9-11/h2-3,5-6,8-10H,4,7H2,1H3,(H,15,17)(H,18,19). The Kier molecular flexibility index (Phi) is 4.44. The van der Waals surface area contributed by atoms with E-state index in [1.165, 1.54) is 0 Å². The molecule has 19 heavy (non-hydrogen) atoms. The lowest BCUT2D eigenvalue weighted by Crippen LogP contribution is -2.12. The Morgan fingerprint density at radius 3 is 2.79 bits per heavy atom. The number of carbonyl (C=O) groups excluding carboxylic acids is 1. The fourth-order valence-corrected chi connectivity index (χ4v) is 1.64. The molecule has 2 rings (SSSR count). The summed E-state index contributed by atoms with van der Waals surface area (Å²) in [5, 5.41) is 5.74. The number of nitrogens with one attached hydrogen (secondary N) is 2. The van der Waals surface area contributed by atoms with E-state index in [-0.39, 0.29) is 5.91 Å². The minimum Gasteiger partial charge on any atom is -0.373 e. The second-order valence-corrected chi connectivity index (χ2v) is 4.09. The molecular weight excluding hydrogens is 240 g/mol. The van der Waals surface area contributed by atoms with Gasteiger partial charge in [-0.25, -0.2) is 4.98 Å². The molecule has 2 heterocycles. The van der Waals surface area contributed by atoms with Gasteiger partial charge in [0.05, 0.1) is 11.9 Å². The molecular formula is C14H16N4O. The number of aryl methyl sites for hydroxylation is 1. The molecule has 0 atom stereocenters. The summed E-state index contributed by atoms with van der Waals surface area (Å²) in [7, 11) is 1.80. The van der Waals surface area contributed by atoms with Crippen LogP contribution in [0.5, 0.6) is 0 Å². The fourth-order valence-electron chi connectivity index (χ4n) is 1.64. The van der Waals surface area contributed by atoms with Crippen LogP contribution in [-0.2, 0) is 11.2 Å². The molecule has 5 heteroatoms. The van der Waals surface area contributed by atoms with Crippen molar-refractivity contribution in [3.8, 4) is 0 Å². The molecule has 0 unspecified atom stereocenters. The maximum atomic E-state index is 11.8. The van der Waals surface area contributed by atoms with E-state index in [0.29, 0.717) is 18.5 Å². The van der Waals surface area contributed by atoms with Crippen LogP contribution in [0.2, 0.25) is 0 Å². The van der Waals surface area contributed by atoms with Crippen LogP contribution in [0, 0.1) is 0 Å². The minimum absolute atomic E-state index is 0.0251. The molecule has 0 saturated carbocycles. The topological polar surface area (TPSA) is 66.9 Å². The molecule has 2 N–H and O–H groups in total. The quantitative estimate of drug-likeness (QED) is 0.859. The Labute approximate surface area is 112 Å². The Bertz CT molecular complexity index is 525. The predicted molar refractivity (Wildman–Crippen MR) is 75.0 cm³/mol. The van der Waals surface area contributed by atoms with E-state index in [2.05, 4.69) is 20.6 Å². The van der Waals surface area contributed by atoms with E-state index in [0.717, 1.165) is 11.4 Å². The summed E-state index contributed by atoms with van der Waals surface area (Å²) in [4.78, 5) is 19.9. The molecule has 1 amide bonds. The second-order valence-electron chi connectivity index (χ2n) is 4.09. The van der Waals surface area contributed by atoms with Crippen LogP contribution >= 0.6 is 0 Å². The van der Waals surface area contributed by atoms with Crippen molar-refractivity contribution in [3.63, 3.8) is 0 Å². The molecule has 0 aliphatic heterocycles. The van der Waals surface area contributed by atoms with Crippen LogP contribution in [0.1, 0.15) is 12.0 Å². The van der Waals surface area contributed by atoms with Gasteiger partial charge in [0.1, 0.15) is 5.82 Å². The Morgan fingerprint density at radius 1 is 1.26 bits per heavy atom. The van der Waals surface area contributed by atoms with E-state index in [1.807, 2.05) is 24.3 Å². The SMILES string of the molecule is CNc1ccc(NC(=O)CCc2cccnc2)cn1. The van der Waals surface area contributed by atoms with Gasteiger partial charge in [-0.1, -0.05) is 6.07 Å². The lowest BCUT2D eigenvalue weighted by Gasteiger charge is -2.05. The molecule has 0 aliphatic rings. The maximum absolute atomic E-state index is 11.8. The van der Waals surface area contributed by atoms with Gasteiger partial charge < -0.3 is 10.6 Å². The molecule has 0 fully saturated rings. The van der Waals surface area contributed by atoms with Gasteiger partial charge >= 0.3 is 0 Å². The average molecular weight is 256 g/mol. The average Bonchev–Trinajstić information content (AvgIpc) is 2.47. The Morgan fingerprint density at radius 2 is 2.16 bits per heavy atom. The van der Waals surface area contributed by atoms with Crippen molar-refractivity contribution in [1.29, 1.82) is 0 Å². The molecule has 2 aromatic rings. The summed E-state index contributed by atoms with van der Waals surface area (Å²) in [5.41, 5.74) is 1.76. The summed E-state index contributed by atoms with van der Waals surface area (Å²) in [6.45, 7) is 0. The lowest BCUT2D eigenvalue weighted by atomic mass is 10.1. The summed E-state index contributed by atoms with van der Waals surface area (Å²) in [5.74, 6) is 0.746. The zero-order valence-corrected chi connectivity index (χ0v) is 10.8. The van der Waals surface area contributed by atoms with Crippen molar-refractivity contribution in [2.45, 2.75) is 12.8 Å². The van der Waals surface area contributed by atoms with Crippen molar-refractivity contribution < 1.29 is 4.79 Å². The highest BCUT2D eigenvalue weighted by Crippen LogP contribution is 2.10. The number of rotatable bonds is 5. The number of pyridine rings is 2. The summed E-state index contributed by atoms with van der Waals surface area (Å²) in [6.07, 6.45) is 6.24. The van der Waals surface area contributed by atoms with E-state index >= 15 is 0 Å². The highest BCUT2D eigenvalue weighted by Gasteiger charge is 2.03. The summed E-state index contributed by atoms with van der Waals surface area (Å²) in [6, 6.07) is 7.47. The number of amides is 1. The van der Waals surface area contributed by atoms with Crippen molar-refractivity contribution in [1.82, 2.24) is 9.97 Å². The molecule has 0 aliphatic carbocycles. The number of hydrogen-bond donors (Lipinski definition) is 2. The molecule has 5 nitrogen and oxygen atoms in total. The van der Waals surface area contributed by atoms with Gasteiger partial charge in [-0.2, -0.15) is 0 Å². The molecule has 2 aromatic heterocycles. The Balaban J connectivity index is 1.83. The molecule has 98 valence electrons. The first kappa shape index (κ1) is 13.0. The van der Waals surface area contributed by atoms with Crippen LogP contribution in [-0.4, -0.2) is 22.9 Å². The van der Waals surface area contributed by atoms with Crippen LogP contribution in [0.15, 0.2) is 42.9 Å². The Hall–Kier alpha value is -2.43. The normalized spacial score (nSPS) is 9.95. The van der Waals surface area contributed by atoms with Gasteiger partial charge in [0, 0.05) is 25.9 Å². The lowest BCUT2D eigenvalue weighted by molar-refractivity contribution is -0.116. The summed E-state index contributed by atoms with van der Waals surface area (Å²) < 4.78 is 0. The monoisotopic (exact) mass is 256 g/mol. The van der Waals surface area contributed by atoms with Crippen molar-refractivity contribution in [2.24, 2.45) is 0 Å². The third-order valence-electron chi connectivity index (χ3n) is 2.67. The molecule has 0 spiro atoms. The molecule has 0 bridgehead atoms. The van der Waals surface area contributed by atoms with Crippen molar-refractivity contribution in [2.75, 3.05) is 17.7 Å². The van der Waals surface area contributed by atoms with Crippen LogP contribution < -0.4 is 10.6 Å². The minimum atomic E-state index is -0.0251. The van der Waals surface area contributed by atoms with E-state index < -0.39 is 0 Å². The number of aromatic nitrogens is 2. The van der Waals surface area contributed by atoms with Crippen molar-refractivity contribution >= 4 is 17.4 Å². The first-order valence-corrected chi connectivity index (χ1v) is 6.10. The van der Waals surface area contributed by atoms with Gasteiger partial charge in [-0.05, 0) is 30.2 Å². The first-order chi connectivity index (χ1) is 9.28. The number of hydrogen-bond acceptors (Lipinski definition) is 4. The van der Waals surface area contributed by atoms with Gasteiger partial charge in [-0.3, -0.25) is 9.78 Å². The third kappa shape index (κ3) is 4.06. The van der Waals surface area contributed by atoms with E-state index in [1.54, 1.807) is 25.6 Å². The zero-order chi connectivity index (χ0) is 13.5. The highest BCUT2D eigenvalue weighted by atomic mass is 16.1. The maximum Gasteiger partial charge on any atom is 0.224 e. The molecule has 0 saturated heterocycles. The van der Waals surface area contributed by atoms with Crippen LogP contribution in [0.3, 0.4) is 0 Å². The van der Waals surface area contributed by atoms with Gasteiger partial charge in [0.15, 0.2) is 0 Å². The first-order valence-electron chi connectivity index (χ1n) is 6.10. The van der Waals surface area contributed by atoms with Crippen LogP contribution in [0.4, 0.5) is 11.5 Å². The van der Waals surface area contributed by atoms with Crippen LogP contribution in [0.25, 0.3) is 0 Å². The molecule has 0 aromatic carbocycles. The summed E-state index contributed by atoms with van der Waals surface area (Å²) >= 11 is 0. The largest absolute Gasteiger partial charge is 0.373 e. The smallest absolute Gasteiger partial charge is 0.224 e. The number of nitrogens with zero attached hydrogens (tertiary/aromatic N) is 2. The van der Waals surface area contributed by atoms with Gasteiger partial charge in [-0.15, -0.1) is 0 Å². The number of carbonyl (C=O) groups is 1. The van der Waals surface area contributed by atoms with E-state index in [9.17, 15) is 4.79 Å². The molecule has 0 radical (unpaired) electrons. The van der Waals surface area contributed by atoms with E-state index in [4.69, 9.17) is 0 Å². The van der Waals surface area contributed by atoms with Crippen molar-refractivity contribution in [3.05, 3.63) is 48.4 Å².